The van der Waals surface area contributed by atoms with E-state index in [-0.39, 0.29) is 4.47 Å². The number of benzene rings is 1. The van der Waals surface area contributed by atoms with E-state index >= 15 is 0 Å². The van der Waals surface area contributed by atoms with Crippen molar-refractivity contribution in [3.63, 3.8) is 0 Å². The molecule has 90 valence electrons. The van der Waals surface area contributed by atoms with E-state index in [9.17, 15) is 26.1 Å². The predicted molar refractivity (Wildman–Crippen MR) is 48.8 cm³/mol. The van der Waals surface area contributed by atoms with Gasteiger partial charge in [0.15, 0.2) is 0 Å². The van der Waals surface area contributed by atoms with Crippen molar-refractivity contribution >= 4 is 26.0 Å². The van der Waals surface area contributed by atoms with Crippen molar-refractivity contribution in [1.29, 1.82) is 0 Å². The molecule has 0 saturated heterocycles. The Morgan fingerprint density at radius 1 is 1.31 bits per heavy atom. The maximum atomic E-state index is 11.9. The maximum Gasteiger partial charge on any atom is 0.573 e. The Balaban J connectivity index is 3.30. The van der Waals surface area contributed by atoms with Crippen LogP contribution in [0, 0.1) is 0 Å². The Hall–Kier alpha value is -0.800. The Bertz CT molecular complexity index is 497. The highest BCUT2D eigenvalue weighted by atomic mass is 79.9. The first-order valence-electron chi connectivity index (χ1n) is 3.61. The van der Waals surface area contributed by atoms with Crippen LogP contribution in [0.1, 0.15) is 0 Å². The number of hydrogen-bond donors (Lipinski definition) is 0. The maximum absolute atomic E-state index is 11.9. The van der Waals surface area contributed by atoms with E-state index in [1.165, 1.54) is 0 Å². The zero-order valence-corrected chi connectivity index (χ0v) is 9.69. The number of halogens is 4. The number of hydrogen-bond acceptors (Lipinski definition) is 4. The minimum atomic E-state index is -5.07. The zero-order chi connectivity index (χ0) is 12.6. The lowest BCUT2D eigenvalue weighted by Crippen LogP contribution is -2.19. The molecule has 0 radical (unpaired) electrons. The van der Waals surface area contributed by atoms with Crippen LogP contribution in [0.25, 0.3) is 0 Å². The molecule has 0 aliphatic carbocycles. The summed E-state index contributed by atoms with van der Waals surface area (Å²) >= 11 is 2.83. The van der Waals surface area contributed by atoms with Crippen molar-refractivity contribution in [2.45, 2.75) is 11.3 Å². The lowest BCUT2D eigenvalue weighted by atomic mass is 10.3. The van der Waals surface area contributed by atoms with Gasteiger partial charge in [-0.2, -0.15) is 0 Å². The predicted octanol–water partition coefficient (Wildman–Crippen LogP) is 2.25. The molecule has 1 rings (SSSR count). The first kappa shape index (κ1) is 13.3. The molecule has 16 heavy (non-hydrogen) atoms. The topological polar surface area (TPSA) is 66.4 Å². The third kappa shape index (κ3) is 3.65. The summed E-state index contributed by atoms with van der Waals surface area (Å²) in [5, 5.41) is 0. The summed E-state index contributed by atoms with van der Waals surface area (Å²) in [5.74, 6) is -1.06. The molecule has 0 aromatic heterocycles. The van der Waals surface area contributed by atoms with Crippen LogP contribution in [0.15, 0.2) is 27.6 Å². The van der Waals surface area contributed by atoms with Gasteiger partial charge in [0.1, 0.15) is 15.9 Å². The molecular weight excluding hydrogens is 317 g/mol. The summed E-state index contributed by atoms with van der Waals surface area (Å²) in [6, 6.07) is 2.60. The van der Waals surface area contributed by atoms with Gasteiger partial charge in [0, 0.05) is 4.47 Å². The van der Waals surface area contributed by atoms with Gasteiger partial charge in [-0.25, -0.2) is 8.42 Å². The van der Waals surface area contributed by atoms with Crippen LogP contribution in [0.2, 0.25) is 0 Å². The molecule has 4 nitrogen and oxygen atoms in total. The van der Waals surface area contributed by atoms with Crippen LogP contribution in [0.3, 0.4) is 0 Å². The Labute approximate surface area is 96.9 Å². The SMILES string of the molecule is O=S(=O)([O-])c1ccc(Br)cc1OC(F)(F)F. The second-order valence-corrected chi connectivity index (χ2v) is 4.86. The molecule has 1 aromatic rings. The van der Waals surface area contributed by atoms with E-state index in [0.717, 1.165) is 18.2 Å². The summed E-state index contributed by atoms with van der Waals surface area (Å²) in [6.45, 7) is 0. The molecule has 0 amide bonds. The first-order valence-corrected chi connectivity index (χ1v) is 5.81. The number of rotatable bonds is 2. The van der Waals surface area contributed by atoms with Crippen molar-refractivity contribution in [3.8, 4) is 5.75 Å². The van der Waals surface area contributed by atoms with Crippen LogP contribution in [0.5, 0.6) is 5.75 Å². The molecule has 0 aliphatic heterocycles. The third-order valence-electron chi connectivity index (χ3n) is 1.40. The van der Waals surface area contributed by atoms with E-state index in [0.29, 0.717) is 0 Å². The smallest absolute Gasteiger partial charge is 0.573 e. The van der Waals surface area contributed by atoms with Crippen molar-refractivity contribution < 1.29 is 30.9 Å². The van der Waals surface area contributed by atoms with Gasteiger partial charge >= 0.3 is 6.36 Å². The van der Waals surface area contributed by atoms with Crippen LogP contribution in [-0.4, -0.2) is 19.3 Å². The van der Waals surface area contributed by atoms with Crippen LogP contribution in [0.4, 0.5) is 13.2 Å². The van der Waals surface area contributed by atoms with Crippen molar-refractivity contribution in [2.75, 3.05) is 0 Å². The summed E-state index contributed by atoms with van der Waals surface area (Å²) in [4.78, 5) is -1.06. The van der Waals surface area contributed by atoms with Gasteiger partial charge in [-0.05, 0) is 18.2 Å². The highest BCUT2D eigenvalue weighted by molar-refractivity contribution is 9.10. The molecule has 9 heteroatoms. The quantitative estimate of drug-likeness (QED) is 0.784. The van der Waals surface area contributed by atoms with Gasteiger partial charge in [-0.1, -0.05) is 15.9 Å². The monoisotopic (exact) mass is 319 g/mol. The highest BCUT2D eigenvalue weighted by Crippen LogP contribution is 2.31. The lowest BCUT2D eigenvalue weighted by Gasteiger charge is -2.15. The summed E-state index contributed by atoms with van der Waals surface area (Å²) in [6.07, 6.45) is -5.07. The second kappa shape index (κ2) is 4.22. The fourth-order valence-electron chi connectivity index (χ4n) is 0.893. The van der Waals surface area contributed by atoms with E-state index in [1.54, 1.807) is 0 Å². The molecule has 0 bridgehead atoms. The second-order valence-electron chi connectivity index (χ2n) is 2.59. The minimum absolute atomic E-state index is 0.152. The van der Waals surface area contributed by atoms with E-state index < -0.39 is 27.1 Å². The molecule has 0 unspecified atom stereocenters. The fraction of sp³-hybridized carbons (Fsp3) is 0.143. The van der Waals surface area contributed by atoms with Crippen molar-refractivity contribution in [3.05, 3.63) is 22.7 Å². The van der Waals surface area contributed by atoms with Gasteiger partial charge in [-0.3, -0.25) is 0 Å². The minimum Gasteiger partial charge on any atom is -0.744 e. The fourth-order valence-corrected chi connectivity index (χ4v) is 1.81. The summed E-state index contributed by atoms with van der Waals surface area (Å²) in [5.41, 5.74) is 0. The lowest BCUT2D eigenvalue weighted by molar-refractivity contribution is -0.275. The molecule has 0 heterocycles. The molecule has 0 atom stereocenters. The normalized spacial score (nSPS) is 12.6. The molecule has 1 aromatic carbocycles. The van der Waals surface area contributed by atoms with Gasteiger partial charge in [-0.15, -0.1) is 13.2 Å². The molecule has 0 N–H and O–H groups in total. The average Bonchev–Trinajstić information content (AvgIpc) is 1.97. The molecule has 0 saturated carbocycles. The highest BCUT2D eigenvalue weighted by Gasteiger charge is 2.32. The van der Waals surface area contributed by atoms with Crippen LogP contribution in [-0.2, 0) is 10.1 Å². The standard InChI is InChI=1S/C7H4BrF3O4S/c8-4-1-2-6(16(12,13)14)5(3-4)15-7(9,10)11/h1-3H,(H,12,13,14)/p-1. The Morgan fingerprint density at radius 3 is 2.31 bits per heavy atom. The van der Waals surface area contributed by atoms with Crippen molar-refractivity contribution in [1.82, 2.24) is 0 Å². The Morgan fingerprint density at radius 2 is 1.88 bits per heavy atom. The van der Waals surface area contributed by atoms with E-state index in [1.807, 2.05) is 0 Å². The Kier molecular flexibility index (Phi) is 3.50. The van der Waals surface area contributed by atoms with Gasteiger partial charge in [0.25, 0.3) is 0 Å². The number of alkyl halides is 3. The van der Waals surface area contributed by atoms with Gasteiger partial charge < -0.3 is 9.29 Å². The van der Waals surface area contributed by atoms with Crippen LogP contribution >= 0.6 is 15.9 Å². The largest absolute Gasteiger partial charge is 0.744 e. The van der Waals surface area contributed by atoms with E-state index in [4.69, 9.17) is 0 Å². The molecular formula is C7H3BrF3O4S-. The van der Waals surface area contributed by atoms with E-state index in [2.05, 4.69) is 20.7 Å². The molecule has 0 fully saturated rings. The first-order chi connectivity index (χ1) is 7.09. The third-order valence-corrected chi connectivity index (χ3v) is 2.77. The van der Waals surface area contributed by atoms with Crippen LogP contribution < -0.4 is 4.74 Å². The molecule has 0 spiro atoms. The molecule has 0 aliphatic rings. The van der Waals surface area contributed by atoms with Crippen molar-refractivity contribution in [2.24, 2.45) is 0 Å². The van der Waals surface area contributed by atoms with Gasteiger partial charge in [0.05, 0.1) is 4.90 Å². The zero-order valence-electron chi connectivity index (χ0n) is 7.29. The van der Waals surface area contributed by atoms with Gasteiger partial charge in [0.2, 0.25) is 0 Å². The average molecular weight is 320 g/mol. The summed E-state index contributed by atoms with van der Waals surface area (Å²) in [7, 11) is -5.02. The summed E-state index contributed by atoms with van der Waals surface area (Å²) < 4.78 is 71.2. The number of ether oxygens (including phenoxy) is 1.